The van der Waals surface area contributed by atoms with Crippen molar-refractivity contribution in [3.05, 3.63) is 36.4 Å². The van der Waals surface area contributed by atoms with Crippen molar-refractivity contribution >= 4 is 36.6 Å². The van der Waals surface area contributed by atoms with Gasteiger partial charge in [0, 0.05) is 0 Å². The largest absolute Gasteiger partial charge is 2.00 e. The number of halogens is 1. The van der Waals surface area contributed by atoms with E-state index in [9.17, 15) is 0 Å². The van der Waals surface area contributed by atoms with Gasteiger partial charge in [0.1, 0.15) is 0 Å². The fourth-order valence-electron chi connectivity index (χ4n) is 0.342. The monoisotopic (exact) mass is 316 g/mol. The number of hydrogen-bond acceptors (Lipinski definition) is 1. The molecule has 0 bridgehead atoms. The maximum Gasteiger partial charge on any atom is 2.00 e. The van der Waals surface area contributed by atoms with Crippen molar-refractivity contribution in [1.29, 1.82) is 0 Å². The van der Waals surface area contributed by atoms with Gasteiger partial charge in [-0.3, -0.25) is 0 Å². The van der Waals surface area contributed by atoms with Crippen LogP contribution in [-0.4, -0.2) is 6.26 Å². The van der Waals surface area contributed by atoms with Gasteiger partial charge in [-0.05, 0) is 0 Å². The van der Waals surface area contributed by atoms with Crippen molar-refractivity contribution in [3.8, 4) is 0 Å². The molecule has 0 N–H and O–H groups in total. The first-order valence-electron chi connectivity index (χ1n) is 2.32. The SMILES string of the molecule is C[S-].I.[Zn+2].[c-]1ccccc1. The maximum absolute atomic E-state index is 4.08. The molecular weight excluding hydrogens is 308 g/mol. The van der Waals surface area contributed by atoms with Crippen LogP contribution in [0, 0.1) is 6.07 Å². The maximum atomic E-state index is 4.08. The van der Waals surface area contributed by atoms with E-state index in [-0.39, 0.29) is 43.5 Å². The summed E-state index contributed by atoms with van der Waals surface area (Å²) < 4.78 is 0. The van der Waals surface area contributed by atoms with Crippen LogP contribution in [0.1, 0.15) is 0 Å². The summed E-state index contributed by atoms with van der Waals surface area (Å²) in [6.45, 7) is 0. The van der Waals surface area contributed by atoms with Crippen molar-refractivity contribution in [2.75, 3.05) is 6.26 Å². The Bertz CT molecular complexity index is 85.5. The van der Waals surface area contributed by atoms with E-state index in [2.05, 4.69) is 18.7 Å². The zero-order valence-electron chi connectivity index (χ0n) is 5.91. The van der Waals surface area contributed by atoms with Crippen molar-refractivity contribution in [3.63, 3.8) is 0 Å². The van der Waals surface area contributed by atoms with Crippen LogP contribution < -0.4 is 0 Å². The van der Waals surface area contributed by atoms with E-state index in [1.165, 1.54) is 0 Å². The molecule has 0 amide bonds. The molecule has 0 spiro atoms. The van der Waals surface area contributed by atoms with Crippen LogP contribution in [0.5, 0.6) is 0 Å². The molecule has 10 heavy (non-hydrogen) atoms. The van der Waals surface area contributed by atoms with Gasteiger partial charge in [-0.25, -0.2) is 0 Å². The van der Waals surface area contributed by atoms with Crippen molar-refractivity contribution in [2.45, 2.75) is 0 Å². The summed E-state index contributed by atoms with van der Waals surface area (Å²) in [7, 11) is 0. The standard InChI is InChI=1S/C6H5.CH4S.HI.Zn/c1-2-4-6-5-3-1;1-2;;/h1-5H;2H,1H3;1H;/q-1;;;+2/p-1. The van der Waals surface area contributed by atoms with Gasteiger partial charge in [0.25, 0.3) is 0 Å². The van der Waals surface area contributed by atoms with Gasteiger partial charge >= 0.3 is 19.5 Å². The normalized spacial score (nSPS) is 5.40. The molecule has 1 rings (SSSR count). The minimum atomic E-state index is 0. The predicted octanol–water partition coefficient (Wildman–Crippen LogP) is 2.27. The second-order valence-electron chi connectivity index (χ2n) is 1.08. The van der Waals surface area contributed by atoms with E-state index in [1.807, 2.05) is 30.3 Å². The first-order chi connectivity index (χ1) is 4.00. The van der Waals surface area contributed by atoms with Gasteiger partial charge in [-0.15, -0.1) is 24.0 Å². The van der Waals surface area contributed by atoms with Crippen LogP contribution in [0.2, 0.25) is 0 Å². The molecule has 1 aromatic carbocycles. The zero-order chi connectivity index (χ0) is 6.24. The van der Waals surface area contributed by atoms with E-state index in [0.29, 0.717) is 0 Å². The fraction of sp³-hybridized carbons (Fsp3) is 0.143. The molecule has 0 unspecified atom stereocenters. The Hall–Kier alpha value is 0.923. The summed E-state index contributed by atoms with van der Waals surface area (Å²) in [6.07, 6.45) is 1.58. The fourth-order valence-corrected chi connectivity index (χ4v) is 0.342. The quantitative estimate of drug-likeness (QED) is 0.306. The molecule has 0 heterocycles. The van der Waals surface area contributed by atoms with E-state index >= 15 is 0 Å². The third-order valence-electron chi connectivity index (χ3n) is 0.607. The second kappa shape index (κ2) is 16.5. The Labute approximate surface area is 98.0 Å². The Morgan fingerprint density at radius 3 is 1.50 bits per heavy atom. The number of benzene rings is 1. The van der Waals surface area contributed by atoms with E-state index in [4.69, 9.17) is 0 Å². The molecule has 0 radical (unpaired) electrons. The minimum Gasteiger partial charge on any atom is -0.796 e. The average molecular weight is 318 g/mol. The van der Waals surface area contributed by atoms with Crippen LogP contribution in [0.3, 0.4) is 0 Å². The topological polar surface area (TPSA) is 0 Å². The van der Waals surface area contributed by atoms with Gasteiger partial charge in [0.15, 0.2) is 0 Å². The molecule has 0 saturated carbocycles. The van der Waals surface area contributed by atoms with Crippen molar-refractivity contribution in [1.82, 2.24) is 0 Å². The molecule has 3 heteroatoms. The summed E-state index contributed by atoms with van der Waals surface area (Å²) in [5.74, 6) is 0. The molecule has 0 nitrogen and oxygen atoms in total. The van der Waals surface area contributed by atoms with Gasteiger partial charge < -0.3 is 12.6 Å². The van der Waals surface area contributed by atoms with Crippen LogP contribution >= 0.6 is 24.0 Å². The number of hydrogen-bond donors (Lipinski definition) is 0. The average Bonchev–Trinajstić information content (AvgIpc) is 1.96. The summed E-state index contributed by atoms with van der Waals surface area (Å²) in [5, 5.41) is 0. The zero-order valence-corrected chi connectivity index (χ0v) is 12.0. The first-order valence-corrected chi connectivity index (χ1v) is 3.14. The molecule has 0 atom stereocenters. The van der Waals surface area contributed by atoms with E-state index in [0.717, 1.165) is 0 Å². The minimum absolute atomic E-state index is 0. The molecule has 0 saturated heterocycles. The number of rotatable bonds is 0. The molecule has 1 aromatic rings. The van der Waals surface area contributed by atoms with E-state index < -0.39 is 0 Å². The van der Waals surface area contributed by atoms with Crippen LogP contribution in [0.15, 0.2) is 30.3 Å². The van der Waals surface area contributed by atoms with Gasteiger partial charge in [-0.1, -0.05) is 0 Å². The van der Waals surface area contributed by atoms with Gasteiger partial charge in [0.2, 0.25) is 0 Å². The van der Waals surface area contributed by atoms with Crippen LogP contribution in [0.25, 0.3) is 0 Å². The second-order valence-corrected chi connectivity index (χ2v) is 1.08. The summed E-state index contributed by atoms with van der Waals surface area (Å²) in [4.78, 5) is 0. The molecule has 52 valence electrons. The Kier molecular flexibility index (Phi) is 28.2. The van der Waals surface area contributed by atoms with Gasteiger partial charge in [0.05, 0.1) is 0 Å². The Balaban J connectivity index is -0.000000114. The smallest absolute Gasteiger partial charge is 0.796 e. The Morgan fingerprint density at radius 2 is 1.40 bits per heavy atom. The molecule has 0 aromatic heterocycles. The molecule has 0 aliphatic heterocycles. The Morgan fingerprint density at radius 1 is 1.00 bits per heavy atom. The molecule has 0 aliphatic rings. The van der Waals surface area contributed by atoms with E-state index in [1.54, 1.807) is 6.26 Å². The van der Waals surface area contributed by atoms with Crippen molar-refractivity contribution in [2.24, 2.45) is 0 Å². The molecular formula is C7H9ISZn. The van der Waals surface area contributed by atoms with Gasteiger partial charge in [-0.2, -0.15) is 42.7 Å². The third-order valence-corrected chi connectivity index (χ3v) is 0.607. The summed E-state index contributed by atoms with van der Waals surface area (Å²) >= 11 is 4.08. The summed E-state index contributed by atoms with van der Waals surface area (Å²) in [6, 6.07) is 12.5. The predicted molar refractivity (Wildman–Crippen MR) is 54.0 cm³/mol. The third kappa shape index (κ3) is 11.7. The van der Waals surface area contributed by atoms with Crippen molar-refractivity contribution < 1.29 is 19.5 Å². The summed E-state index contributed by atoms with van der Waals surface area (Å²) in [5.41, 5.74) is 0. The molecule has 0 aliphatic carbocycles. The van der Waals surface area contributed by atoms with Crippen LogP contribution in [-0.2, 0) is 32.1 Å². The first kappa shape index (κ1) is 17.1. The van der Waals surface area contributed by atoms with Crippen LogP contribution in [0.4, 0.5) is 0 Å². The molecule has 0 fully saturated rings.